The number of ether oxygens (including phenoxy) is 7. The third-order valence-electron chi connectivity index (χ3n) is 15.8. The van der Waals surface area contributed by atoms with Crippen LogP contribution in [-0.4, -0.2) is 284 Å². The number of allylic oxidation sites excluding steroid dienone is 1. The van der Waals surface area contributed by atoms with Crippen molar-refractivity contribution in [3.8, 4) is 12.1 Å². The van der Waals surface area contributed by atoms with Crippen LogP contribution in [0.3, 0.4) is 0 Å². The fourth-order valence-electron chi connectivity index (χ4n) is 11.5. The molecule has 8 heterocycles. The van der Waals surface area contributed by atoms with Crippen molar-refractivity contribution in [3.63, 3.8) is 0 Å². The van der Waals surface area contributed by atoms with Crippen LogP contribution in [0.25, 0.3) is 0 Å². The number of hydrogen-bond acceptors (Lipinski definition) is 30. The summed E-state index contributed by atoms with van der Waals surface area (Å²) < 4.78 is 49.1. The number of nitrogens with zero attached hydrogens (tertiary/aromatic N) is 16. The van der Waals surface area contributed by atoms with Crippen molar-refractivity contribution in [1.82, 2.24) is 59.1 Å². The highest BCUT2D eigenvalue weighted by molar-refractivity contribution is 9.11. The monoisotopic (exact) mass is 2010 g/mol. The number of methoxy groups -OCH3 is 4. The Morgan fingerprint density at radius 3 is 1.19 bits per heavy atom. The molecule has 0 saturated carbocycles. The van der Waals surface area contributed by atoms with Crippen LogP contribution >= 0.6 is 115 Å². The summed E-state index contributed by atoms with van der Waals surface area (Å²) in [4.78, 5) is 75.6. The molecule has 4 aromatic heterocycles. The molecule has 5 amide bonds. The highest BCUT2D eigenvalue weighted by atomic mass is 79.9. The molecule has 15 N–H and O–H groups in total. The molecule has 4 fully saturated rings. The third-order valence-corrected chi connectivity index (χ3v) is 19.0. The Hall–Kier alpha value is -6.55. The number of carbonyl (C=O) groups excluding carboxylic acids is 6. The molecule has 8 atom stereocenters. The third kappa shape index (κ3) is 34.4. The number of primary amides is 2. The molecule has 49 heteroatoms. The summed E-state index contributed by atoms with van der Waals surface area (Å²) >= 11 is 25.8. The number of nitrogens with one attached hydrogen (secondary N) is 5. The van der Waals surface area contributed by atoms with E-state index in [1.54, 1.807) is 61.9 Å². The van der Waals surface area contributed by atoms with Gasteiger partial charge < -0.3 is 107 Å². The first-order chi connectivity index (χ1) is 53.6. The maximum absolute atomic E-state index is 12.6. The van der Waals surface area contributed by atoms with Gasteiger partial charge in [-0.3, -0.25) is 19.1 Å². The molecule has 4 aliphatic rings. The van der Waals surface area contributed by atoms with Crippen LogP contribution < -0.4 is 38.5 Å². The summed E-state index contributed by atoms with van der Waals surface area (Å²) in [6.45, 7) is 24.2. The predicted octanol–water partition coefficient (Wildman–Crippen LogP) is 8.47. The number of halogens is 8. The Bertz CT molecular complexity index is 3860. The lowest BCUT2D eigenvalue weighted by atomic mass is 10.2. The number of rotatable bonds is 26. The van der Waals surface area contributed by atoms with Crippen molar-refractivity contribution in [2.75, 3.05) is 150 Å². The molecular weight excluding hydrogens is 1910 g/mol. The van der Waals surface area contributed by atoms with Gasteiger partial charge in [0.1, 0.15) is 91.7 Å². The average molecular weight is 2010 g/mol. The predicted molar refractivity (Wildman–Crippen MR) is 445 cm³/mol. The van der Waals surface area contributed by atoms with Crippen molar-refractivity contribution in [2.45, 2.75) is 153 Å². The molecule has 8 rings (SSSR count). The van der Waals surface area contributed by atoms with Gasteiger partial charge in [-0.15, -0.1) is 12.4 Å². The molecule has 0 unspecified atom stereocenters. The van der Waals surface area contributed by atoms with Crippen LogP contribution in [0.15, 0.2) is 50.8 Å². The summed E-state index contributed by atoms with van der Waals surface area (Å²) in [5, 5.41) is 88.2. The zero-order valence-corrected chi connectivity index (χ0v) is 76.3. The van der Waals surface area contributed by atoms with Gasteiger partial charge in [-0.05, 0) is 196 Å². The lowest BCUT2D eigenvalue weighted by Gasteiger charge is -2.28. The molecule has 648 valence electrons. The molecule has 0 aliphatic carbocycles. The lowest BCUT2D eigenvalue weighted by molar-refractivity contribution is -0.107. The molecule has 4 aliphatic heterocycles. The molecule has 4 aromatic rings. The van der Waals surface area contributed by atoms with Gasteiger partial charge in [-0.2, -0.15) is 36.4 Å². The van der Waals surface area contributed by atoms with E-state index in [2.05, 4.69) is 167 Å². The molecule has 0 aromatic carbocycles. The normalized spacial score (nSPS) is 18.7. The van der Waals surface area contributed by atoms with Crippen molar-refractivity contribution in [3.05, 3.63) is 57.9 Å². The molecule has 115 heavy (non-hydrogen) atoms. The van der Waals surface area contributed by atoms with E-state index < -0.39 is 46.0 Å². The minimum Gasteiger partial charge on any atom is -0.444 e. The Morgan fingerprint density at radius 2 is 0.904 bits per heavy atom. The van der Waals surface area contributed by atoms with Gasteiger partial charge in [0.15, 0.2) is 0 Å². The van der Waals surface area contributed by atoms with E-state index in [1.807, 2.05) is 62.3 Å². The van der Waals surface area contributed by atoms with E-state index in [0.29, 0.717) is 136 Å². The maximum Gasteiger partial charge on any atom is 0.410 e. The fraction of sp³-hybridized carbons (Fsp3) is 0.667. The van der Waals surface area contributed by atoms with E-state index in [-0.39, 0.29) is 112 Å². The molecule has 0 bridgehead atoms. The number of likely N-dealkylation sites (tertiary alicyclic amines) is 3. The first-order valence-corrected chi connectivity index (χ1v) is 39.7. The van der Waals surface area contributed by atoms with Crippen LogP contribution in [0.2, 0.25) is 0 Å². The van der Waals surface area contributed by atoms with Crippen LogP contribution in [0, 0.1) is 28.2 Å². The number of nitriles is 2. The van der Waals surface area contributed by atoms with Gasteiger partial charge in [0.25, 0.3) is 11.8 Å². The van der Waals surface area contributed by atoms with Crippen molar-refractivity contribution < 1.29 is 82.4 Å². The van der Waals surface area contributed by atoms with Crippen molar-refractivity contribution in [2.24, 2.45) is 32.3 Å². The highest BCUT2D eigenvalue weighted by Gasteiger charge is 2.44. The zero-order chi connectivity index (χ0) is 86.5. The first-order valence-electron chi connectivity index (χ1n) is 35.1. The maximum atomic E-state index is 12.6. The van der Waals surface area contributed by atoms with E-state index in [9.17, 15) is 39.3 Å². The molecule has 0 radical (unpaired) electrons. The number of amides is 5. The largest absolute Gasteiger partial charge is 0.444 e. The van der Waals surface area contributed by atoms with Gasteiger partial charge >= 0.3 is 18.3 Å². The van der Waals surface area contributed by atoms with Gasteiger partial charge in [0, 0.05) is 86.8 Å². The summed E-state index contributed by atoms with van der Waals surface area (Å²) in [6.07, 6.45) is 2.54. The number of aromatic nitrogens is 8. The average Bonchev–Trinajstić information content (AvgIpc) is 1.68. The van der Waals surface area contributed by atoms with E-state index in [0.717, 1.165) is 19.0 Å². The Morgan fingerprint density at radius 1 is 0.583 bits per heavy atom. The van der Waals surface area contributed by atoms with Crippen molar-refractivity contribution >= 4 is 168 Å². The van der Waals surface area contributed by atoms with Gasteiger partial charge in [0.05, 0.1) is 107 Å². The van der Waals surface area contributed by atoms with Crippen molar-refractivity contribution in [1.29, 1.82) is 16.1 Å². The number of nitrogens with two attached hydrogens (primary N) is 3. The summed E-state index contributed by atoms with van der Waals surface area (Å²) in [5.74, 6) is 0.251. The smallest absolute Gasteiger partial charge is 0.410 e. The second-order valence-corrected chi connectivity index (χ2v) is 32.1. The Balaban J connectivity index is 0.000000725. The fourth-order valence-corrected chi connectivity index (χ4v) is 14.5. The van der Waals surface area contributed by atoms with E-state index in [1.165, 1.54) is 0 Å². The molecule has 4 saturated heterocycles. The summed E-state index contributed by atoms with van der Waals surface area (Å²) in [6, 6.07) is 3.66. The van der Waals surface area contributed by atoms with E-state index in [4.69, 9.17) is 87.9 Å². The molecular formula is C66H106Br5Cl3N24O17. The van der Waals surface area contributed by atoms with Crippen LogP contribution in [0.4, 0.5) is 31.8 Å². The number of hydrogen-bond donors (Lipinski definition) is 12. The topological polar surface area (TPSA) is 564 Å². The van der Waals surface area contributed by atoms with Gasteiger partial charge in [-0.1, -0.05) is 11.2 Å². The highest BCUT2D eigenvalue weighted by Crippen LogP contribution is 2.39. The number of anilines is 3. The van der Waals surface area contributed by atoms with Crippen LogP contribution in [-0.2, 0) is 38.0 Å². The number of carbonyl (C=O) groups is 6. The summed E-state index contributed by atoms with van der Waals surface area (Å²) in [7, 11) is 6.44. The van der Waals surface area contributed by atoms with Gasteiger partial charge in [-0.25, -0.2) is 28.4 Å². The number of aliphatic hydroxyl groups excluding tert-OH is 4. The summed E-state index contributed by atoms with van der Waals surface area (Å²) in [5.41, 5.74) is 21.1. The molecule has 41 nitrogen and oxygen atoms in total. The first kappa shape index (κ1) is 106. The van der Waals surface area contributed by atoms with Gasteiger partial charge in [0.2, 0.25) is 5.24 Å². The van der Waals surface area contributed by atoms with Crippen LogP contribution in [0.1, 0.15) is 144 Å². The Kier molecular flexibility index (Phi) is 49.1. The second-order valence-electron chi connectivity index (χ2n) is 27.8. The van der Waals surface area contributed by atoms with E-state index >= 15 is 0 Å². The molecule has 0 spiro atoms. The minimum atomic E-state index is -0.644. The zero-order valence-electron chi connectivity index (χ0n) is 66.1. The SMILES string of the molecule is C=CC(=O)Cl.COC[C@H]1C[C@H](n2nc(Br)c(C#N)c2Br)CN1C(=O)OC(C)(C)C.COC[C@H]1C[C@H](n2nc(Br)c(C#N)c2NCCO)CN1C(=O)OC(C)(C)C.COC[C@H]1C[C@H](n2nc(Br)c(C(N)=O)c2NCCO)CN1.COC[C@H]1C[C@H](n2nc(Br)c(C(N)=O)c2NCCO)CN1C(=O)OC(C)(C)C.Cl.N=NN=NCl.NCCO. The lowest BCUT2D eigenvalue weighted by Crippen LogP contribution is -2.41. The minimum absolute atomic E-state index is 0. The Labute approximate surface area is 725 Å². The standard InChI is InChI=1S/C17H28BrN5O5.C17H26BrN5O4.C15H20Br2N4O3.C12H20BrN5O3.C3H3ClO.C2H7NO.ClHN4.ClH/c1-17(2,3)28-16(26)22-8-10(7-11(22)9-27-4)23-15(20-5-6-24)12(14(19)25)13(18)21-23;1-17(2,3)27-16(25)22-9-11(7-12(22)10-26-4)23-15(20-5-6-24)13(8-19)14(18)21-23;1-15(2,3)24-14(22)20-7-9(5-10(20)8-23-4)21-13(17)11(6-18)12(16)19-21;1-21-6-7-4-8(5-16-7)18-12(15-2-3-19)9(11(14)20)10(13)17-18;1-2-3(4)5;3-1-2-4;1-3-5-4-2;/h10-11,20,24H,5-9H2,1-4H3,(H2,19,25);11-12,20,24H,5-7,9-10H2,1-4H3;9-10H,5,7-8H2,1-4H3;7-8,15-16,19H,2-6H2,1H3,(H2,14,20);2H,1H2;4H,1-3H2;2H;1H/t10-,11+;11-,12+;9-,10+;7-,8+;;;;/m0001..../s1. The van der Waals surface area contributed by atoms with Crippen LogP contribution in [0.5, 0.6) is 0 Å². The second kappa shape index (κ2) is 53.1. The quantitative estimate of drug-likeness (QED) is 0.00921. The number of aliphatic hydroxyl groups is 4.